The van der Waals surface area contributed by atoms with E-state index < -0.39 is 0 Å². The third-order valence-electron chi connectivity index (χ3n) is 3.03. The lowest BCUT2D eigenvalue weighted by Gasteiger charge is -2.29. The van der Waals surface area contributed by atoms with E-state index in [0.29, 0.717) is 6.04 Å². The molecule has 0 bridgehead atoms. The summed E-state index contributed by atoms with van der Waals surface area (Å²) in [7, 11) is 4.02. The van der Waals surface area contributed by atoms with Crippen LogP contribution in [0.3, 0.4) is 0 Å². The smallest absolute Gasteiger partial charge is 0.131 e. The van der Waals surface area contributed by atoms with Crippen molar-refractivity contribution in [1.29, 1.82) is 0 Å². The fraction of sp³-hybridized carbons (Fsp3) is 0.769. The van der Waals surface area contributed by atoms with E-state index in [9.17, 15) is 0 Å². The predicted molar refractivity (Wildman–Crippen MR) is 73.5 cm³/mol. The quantitative estimate of drug-likeness (QED) is 0.823. The highest BCUT2D eigenvalue weighted by atomic mass is 15.4. The van der Waals surface area contributed by atoms with Crippen LogP contribution in [0.15, 0.2) is 0 Å². The Morgan fingerprint density at radius 1 is 1.41 bits per heavy atom. The molecule has 0 radical (unpaired) electrons. The fourth-order valence-corrected chi connectivity index (χ4v) is 2.28. The molecule has 0 aliphatic carbocycles. The van der Waals surface area contributed by atoms with Gasteiger partial charge >= 0.3 is 0 Å². The molecule has 1 N–H and O–H groups in total. The van der Waals surface area contributed by atoms with Gasteiger partial charge in [-0.3, -0.25) is 4.68 Å². The third kappa shape index (κ3) is 3.00. The molecule has 0 saturated heterocycles. The van der Waals surface area contributed by atoms with E-state index in [2.05, 4.69) is 43.0 Å². The molecule has 0 aliphatic heterocycles. The maximum absolute atomic E-state index is 4.55. The van der Waals surface area contributed by atoms with Gasteiger partial charge in [0.1, 0.15) is 5.82 Å². The number of hydrogen-bond acceptors (Lipinski definition) is 3. The number of aromatic nitrogens is 2. The van der Waals surface area contributed by atoms with Crippen molar-refractivity contribution < 1.29 is 0 Å². The van der Waals surface area contributed by atoms with E-state index in [-0.39, 0.29) is 0 Å². The first-order chi connectivity index (χ1) is 8.02. The summed E-state index contributed by atoms with van der Waals surface area (Å²) in [4.78, 5) is 2.44. The molecular weight excluding hydrogens is 212 g/mol. The molecular formula is C13H26N4. The minimum Gasteiger partial charge on any atom is -0.354 e. The third-order valence-corrected chi connectivity index (χ3v) is 3.03. The second kappa shape index (κ2) is 6.05. The maximum Gasteiger partial charge on any atom is 0.131 e. The first-order valence-electron chi connectivity index (χ1n) is 6.46. The van der Waals surface area contributed by atoms with E-state index in [1.165, 1.54) is 11.4 Å². The van der Waals surface area contributed by atoms with Gasteiger partial charge < -0.3 is 10.2 Å². The molecule has 1 heterocycles. The highest BCUT2D eigenvalue weighted by molar-refractivity contribution is 5.50. The van der Waals surface area contributed by atoms with Crippen molar-refractivity contribution in [3.05, 3.63) is 11.3 Å². The summed E-state index contributed by atoms with van der Waals surface area (Å²) in [5.74, 6) is 1.26. The largest absolute Gasteiger partial charge is 0.354 e. The molecule has 0 spiro atoms. The van der Waals surface area contributed by atoms with E-state index in [1.54, 1.807) is 0 Å². The first kappa shape index (κ1) is 14.0. The lowest BCUT2D eigenvalue weighted by Crippen LogP contribution is -2.34. The minimum atomic E-state index is 0.500. The molecule has 0 amide bonds. The van der Waals surface area contributed by atoms with Crippen LogP contribution in [0.4, 0.5) is 5.82 Å². The lowest BCUT2D eigenvalue weighted by atomic mass is 10.2. The molecule has 98 valence electrons. The van der Waals surface area contributed by atoms with Crippen molar-refractivity contribution in [2.45, 2.75) is 46.7 Å². The van der Waals surface area contributed by atoms with Gasteiger partial charge in [0.15, 0.2) is 0 Å². The molecule has 0 saturated carbocycles. The van der Waals surface area contributed by atoms with E-state index in [4.69, 9.17) is 0 Å². The summed E-state index contributed by atoms with van der Waals surface area (Å²) in [6.07, 6.45) is 1.15. The maximum atomic E-state index is 4.55. The fourth-order valence-electron chi connectivity index (χ4n) is 2.28. The molecule has 17 heavy (non-hydrogen) atoms. The number of nitrogens with zero attached hydrogens (tertiary/aromatic N) is 3. The zero-order valence-electron chi connectivity index (χ0n) is 12.0. The molecule has 0 fully saturated rings. The van der Waals surface area contributed by atoms with Crippen LogP contribution in [0.25, 0.3) is 0 Å². The Labute approximate surface area is 105 Å². The van der Waals surface area contributed by atoms with Gasteiger partial charge in [-0.1, -0.05) is 6.92 Å². The molecule has 0 aromatic carbocycles. The monoisotopic (exact) mass is 238 g/mol. The van der Waals surface area contributed by atoms with Crippen LogP contribution in [0, 0.1) is 6.92 Å². The van der Waals surface area contributed by atoms with E-state index in [1.807, 2.05) is 18.8 Å². The molecule has 0 atom stereocenters. The Morgan fingerprint density at radius 2 is 2.06 bits per heavy atom. The molecule has 4 nitrogen and oxygen atoms in total. The van der Waals surface area contributed by atoms with Crippen molar-refractivity contribution in [3.63, 3.8) is 0 Å². The summed E-state index contributed by atoms with van der Waals surface area (Å²) < 4.78 is 2.01. The van der Waals surface area contributed by atoms with Gasteiger partial charge in [-0.05, 0) is 34.2 Å². The molecule has 4 heteroatoms. The second-order valence-electron chi connectivity index (χ2n) is 4.83. The van der Waals surface area contributed by atoms with Crippen LogP contribution in [0.2, 0.25) is 0 Å². The Hall–Kier alpha value is -1.03. The Bertz CT molecular complexity index is 355. The summed E-state index contributed by atoms with van der Waals surface area (Å²) in [6, 6.07) is 0.500. The second-order valence-corrected chi connectivity index (χ2v) is 4.83. The summed E-state index contributed by atoms with van der Waals surface area (Å²) in [6.45, 7) is 10.7. The highest BCUT2D eigenvalue weighted by Gasteiger charge is 2.20. The average molecular weight is 238 g/mol. The van der Waals surface area contributed by atoms with Gasteiger partial charge in [-0.15, -0.1) is 0 Å². The summed E-state index contributed by atoms with van der Waals surface area (Å²) >= 11 is 0. The van der Waals surface area contributed by atoms with Gasteiger partial charge in [0, 0.05) is 31.7 Å². The Balaban J connectivity index is 3.16. The first-order valence-corrected chi connectivity index (χ1v) is 6.46. The standard InChI is InChI=1S/C13H26N4/c1-7-8-17(10(2)3)13-12(9-14-5)11(4)15-16(13)6/h10,14H,7-9H2,1-6H3. The van der Waals surface area contributed by atoms with E-state index >= 15 is 0 Å². The number of anilines is 1. The average Bonchev–Trinajstić information content (AvgIpc) is 2.51. The van der Waals surface area contributed by atoms with Crippen LogP contribution in [0.5, 0.6) is 0 Å². The molecule has 1 rings (SSSR count). The topological polar surface area (TPSA) is 33.1 Å². The van der Waals surface area contributed by atoms with Gasteiger partial charge in [-0.2, -0.15) is 5.10 Å². The number of aryl methyl sites for hydroxylation is 2. The van der Waals surface area contributed by atoms with Crippen molar-refractivity contribution >= 4 is 5.82 Å². The number of nitrogens with one attached hydrogen (secondary N) is 1. The van der Waals surface area contributed by atoms with Crippen LogP contribution in [-0.2, 0) is 13.6 Å². The zero-order chi connectivity index (χ0) is 13.0. The molecule has 1 aromatic heterocycles. The molecule has 1 aromatic rings. The van der Waals surface area contributed by atoms with Crippen molar-refractivity contribution in [3.8, 4) is 0 Å². The predicted octanol–water partition coefficient (Wildman–Crippen LogP) is 2.07. The zero-order valence-corrected chi connectivity index (χ0v) is 12.0. The van der Waals surface area contributed by atoms with Crippen molar-refractivity contribution in [1.82, 2.24) is 15.1 Å². The van der Waals surface area contributed by atoms with Gasteiger partial charge in [0.2, 0.25) is 0 Å². The van der Waals surface area contributed by atoms with E-state index in [0.717, 1.165) is 25.2 Å². The lowest BCUT2D eigenvalue weighted by molar-refractivity contribution is 0.624. The van der Waals surface area contributed by atoms with Gasteiger partial charge in [0.25, 0.3) is 0 Å². The summed E-state index contributed by atoms with van der Waals surface area (Å²) in [5.41, 5.74) is 2.44. The highest BCUT2D eigenvalue weighted by Crippen LogP contribution is 2.25. The van der Waals surface area contributed by atoms with Gasteiger partial charge in [0.05, 0.1) is 5.69 Å². The Morgan fingerprint density at radius 3 is 2.53 bits per heavy atom. The normalized spacial score (nSPS) is 11.2. The Kier molecular flexibility index (Phi) is 5.00. The van der Waals surface area contributed by atoms with Crippen LogP contribution < -0.4 is 10.2 Å². The number of rotatable bonds is 6. The van der Waals surface area contributed by atoms with Gasteiger partial charge in [-0.25, -0.2) is 0 Å². The minimum absolute atomic E-state index is 0.500. The van der Waals surface area contributed by atoms with Crippen LogP contribution in [0.1, 0.15) is 38.4 Å². The molecule has 0 unspecified atom stereocenters. The van der Waals surface area contributed by atoms with Crippen molar-refractivity contribution in [2.24, 2.45) is 7.05 Å². The summed E-state index contributed by atoms with van der Waals surface area (Å²) in [5, 5.41) is 7.78. The molecule has 0 aliphatic rings. The van der Waals surface area contributed by atoms with Crippen LogP contribution in [-0.4, -0.2) is 29.4 Å². The van der Waals surface area contributed by atoms with Crippen LogP contribution >= 0.6 is 0 Å². The SMILES string of the molecule is CCCN(c1c(CNC)c(C)nn1C)C(C)C. The number of hydrogen-bond donors (Lipinski definition) is 1. The van der Waals surface area contributed by atoms with Crippen molar-refractivity contribution in [2.75, 3.05) is 18.5 Å².